The minimum atomic E-state index is -0.182. The Morgan fingerprint density at radius 1 is 1.44 bits per heavy atom. The van der Waals surface area contributed by atoms with Crippen LogP contribution in [0.4, 0.5) is 5.13 Å². The summed E-state index contributed by atoms with van der Waals surface area (Å²) in [6, 6.07) is 7.64. The van der Waals surface area contributed by atoms with Crippen molar-refractivity contribution in [2.75, 3.05) is 11.9 Å². The fourth-order valence-electron chi connectivity index (χ4n) is 2.03. The van der Waals surface area contributed by atoms with E-state index in [1.807, 2.05) is 24.3 Å². The van der Waals surface area contributed by atoms with E-state index in [2.05, 4.69) is 15.5 Å². The smallest absolute Gasteiger partial charge is 0.234 e. The third kappa shape index (κ3) is 2.06. The Hall–Kier alpha value is -1.95. The molecule has 3 rings (SSSR count). The quantitative estimate of drug-likeness (QED) is 0.898. The maximum absolute atomic E-state index is 12.2. The minimum Gasteiger partial charge on any atom is -0.493 e. The lowest BCUT2D eigenvalue weighted by molar-refractivity contribution is -0.118. The average Bonchev–Trinajstić information content (AvgIpc) is 2.91. The highest BCUT2D eigenvalue weighted by molar-refractivity contribution is 7.13. The highest BCUT2D eigenvalue weighted by atomic mass is 32.1. The highest BCUT2D eigenvalue weighted by Crippen LogP contribution is 2.34. The van der Waals surface area contributed by atoms with Crippen molar-refractivity contribution in [1.29, 1.82) is 0 Å². The van der Waals surface area contributed by atoms with Gasteiger partial charge in [0.1, 0.15) is 11.3 Å². The van der Waals surface area contributed by atoms with E-state index in [0.29, 0.717) is 18.2 Å². The molecular formula is C12H11N3O2S. The van der Waals surface area contributed by atoms with Crippen molar-refractivity contribution in [1.82, 2.24) is 10.2 Å². The van der Waals surface area contributed by atoms with Gasteiger partial charge in [-0.25, -0.2) is 0 Å². The molecule has 5 nitrogen and oxygen atoms in total. The molecule has 1 aromatic carbocycles. The number of hydrogen-bond donors (Lipinski definition) is 1. The van der Waals surface area contributed by atoms with E-state index in [4.69, 9.17) is 4.74 Å². The number of aromatic nitrogens is 2. The van der Waals surface area contributed by atoms with Crippen molar-refractivity contribution in [3.8, 4) is 5.75 Å². The number of nitrogens with one attached hydrogen (secondary N) is 1. The number of carbonyl (C=O) groups is 1. The van der Waals surface area contributed by atoms with E-state index in [9.17, 15) is 4.79 Å². The molecule has 0 aliphatic carbocycles. The number of rotatable bonds is 2. The van der Waals surface area contributed by atoms with Gasteiger partial charge in [0, 0.05) is 5.56 Å². The maximum Gasteiger partial charge on any atom is 0.234 e. The van der Waals surface area contributed by atoms with Crippen LogP contribution in [0.2, 0.25) is 0 Å². The Morgan fingerprint density at radius 2 is 2.33 bits per heavy atom. The summed E-state index contributed by atoms with van der Waals surface area (Å²) in [6.07, 6.45) is 0.682. The number of nitrogens with zero attached hydrogens (tertiary/aromatic N) is 2. The molecule has 1 aliphatic rings. The Balaban J connectivity index is 1.83. The second-order valence-corrected chi connectivity index (χ2v) is 4.79. The lowest BCUT2D eigenvalue weighted by atomic mass is 9.92. The maximum atomic E-state index is 12.2. The highest BCUT2D eigenvalue weighted by Gasteiger charge is 2.27. The molecule has 92 valence electrons. The van der Waals surface area contributed by atoms with Gasteiger partial charge in [-0.15, -0.1) is 10.2 Å². The summed E-state index contributed by atoms with van der Waals surface area (Å²) in [5.41, 5.74) is 2.53. The molecule has 0 saturated heterocycles. The fourth-order valence-corrected chi connectivity index (χ4v) is 2.48. The van der Waals surface area contributed by atoms with Crippen molar-refractivity contribution < 1.29 is 9.53 Å². The lowest BCUT2D eigenvalue weighted by Crippen LogP contribution is -2.26. The van der Waals surface area contributed by atoms with Gasteiger partial charge < -0.3 is 4.74 Å². The number of anilines is 1. The molecule has 2 heterocycles. The van der Waals surface area contributed by atoms with Gasteiger partial charge in [0.25, 0.3) is 0 Å². The van der Waals surface area contributed by atoms with Gasteiger partial charge in [0.15, 0.2) is 0 Å². The summed E-state index contributed by atoms with van der Waals surface area (Å²) in [5.74, 6) is 0.558. The molecule has 1 N–H and O–H groups in total. The zero-order valence-electron chi connectivity index (χ0n) is 9.50. The van der Waals surface area contributed by atoms with Crippen LogP contribution < -0.4 is 10.1 Å². The molecule has 1 atom stereocenters. The molecule has 1 aromatic heterocycles. The molecule has 6 heteroatoms. The zero-order chi connectivity index (χ0) is 12.4. The molecule has 1 amide bonds. The van der Waals surface area contributed by atoms with Crippen LogP contribution in [-0.2, 0) is 4.79 Å². The molecule has 0 bridgehead atoms. The molecular weight excluding hydrogens is 250 g/mol. The average molecular weight is 261 g/mol. The van der Waals surface area contributed by atoms with Crippen LogP contribution in [0, 0.1) is 0 Å². The second-order valence-electron chi connectivity index (χ2n) is 3.96. The Kier molecular flexibility index (Phi) is 2.93. The molecule has 1 aliphatic heterocycles. The van der Waals surface area contributed by atoms with Gasteiger partial charge in [-0.2, -0.15) is 0 Å². The van der Waals surface area contributed by atoms with Crippen molar-refractivity contribution in [3.05, 3.63) is 35.3 Å². The number of hydrogen-bond acceptors (Lipinski definition) is 5. The number of amides is 1. The summed E-state index contributed by atoms with van der Waals surface area (Å²) >= 11 is 1.31. The first-order valence-electron chi connectivity index (χ1n) is 5.63. The van der Waals surface area contributed by atoms with Gasteiger partial charge in [0.2, 0.25) is 11.0 Å². The molecule has 2 aromatic rings. The minimum absolute atomic E-state index is 0.0532. The number of benzene rings is 1. The third-order valence-corrected chi connectivity index (χ3v) is 3.47. The van der Waals surface area contributed by atoms with Crippen LogP contribution >= 0.6 is 11.3 Å². The first-order chi connectivity index (χ1) is 8.84. The summed E-state index contributed by atoms with van der Waals surface area (Å²) in [7, 11) is 0. The Labute approximate surface area is 108 Å². The van der Waals surface area contributed by atoms with Crippen LogP contribution in [-0.4, -0.2) is 22.7 Å². The number of fused-ring (bicyclic) bond motifs is 1. The first-order valence-corrected chi connectivity index (χ1v) is 6.51. The summed E-state index contributed by atoms with van der Waals surface area (Å²) in [4.78, 5) is 12.2. The molecule has 0 radical (unpaired) electrons. The van der Waals surface area contributed by atoms with Gasteiger partial charge in [-0.3, -0.25) is 10.1 Å². The second kappa shape index (κ2) is 4.73. The van der Waals surface area contributed by atoms with Crippen LogP contribution in [0.1, 0.15) is 17.9 Å². The Bertz CT molecular complexity index is 556. The summed E-state index contributed by atoms with van der Waals surface area (Å²) in [6.45, 7) is 0.561. The van der Waals surface area contributed by atoms with Gasteiger partial charge in [0.05, 0.1) is 12.5 Å². The van der Waals surface area contributed by atoms with E-state index < -0.39 is 0 Å². The molecule has 0 spiro atoms. The predicted molar refractivity (Wildman–Crippen MR) is 67.8 cm³/mol. The predicted octanol–water partition coefficient (Wildman–Crippen LogP) is 2.04. The van der Waals surface area contributed by atoms with Gasteiger partial charge >= 0.3 is 0 Å². The van der Waals surface area contributed by atoms with Crippen molar-refractivity contribution >= 4 is 22.4 Å². The first kappa shape index (κ1) is 11.2. The SMILES string of the molecule is O=C(Nc1nncs1)C1CCOc2ccccc21. The van der Waals surface area contributed by atoms with Gasteiger partial charge in [-0.1, -0.05) is 29.5 Å². The number of ether oxygens (including phenoxy) is 1. The van der Waals surface area contributed by atoms with Crippen molar-refractivity contribution in [2.45, 2.75) is 12.3 Å². The Morgan fingerprint density at radius 3 is 3.17 bits per heavy atom. The van der Waals surface area contributed by atoms with Crippen LogP contribution in [0.25, 0.3) is 0 Å². The largest absolute Gasteiger partial charge is 0.493 e. The summed E-state index contributed by atoms with van der Waals surface area (Å²) in [5, 5.41) is 10.8. The standard InChI is InChI=1S/C12H11N3O2S/c16-11(14-12-15-13-7-18-12)9-5-6-17-10-4-2-1-3-8(9)10/h1-4,7,9H,5-6H2,(H,14,15,16). The van der Waals surface area contributed by atoms with Crippen LogP contribution in [0.15, 0.2) is 29.8 Å². The molecule has 18 heavy (non-hydrogen) atoms. The summed E-state index contributed by atoms with van der Waals surface area (Å²) < 4.78 is 5.53. The van der Waals surface area contributed by atoms with E-state index in [1.54, 1.807) is 5.51 Å². The normalized spacial score (nSPS) is 17.7. The molecule has 0 saturated carbocycles. The zero-order valence-corrected chi connectivity index (χ0v) is 10.3. The van der Waals surface area contributed by atoms with Crippen molar-refractivity contribution in [3.63, 3.8) is 0 Å². The number of carbonyl (C=O) groups excluding carboxylic acids is 1. The molecule has 1 unspecified atom stereocenters. The van der Waals surface area contributed by atoms with Crippen LogP contribution in [0.3, 0.4) is 0 Å². The lowest BCUT2D eigenvalue weighted by Gasteiger charge is -2.24. The van der Waals surface area contributed by atoms with E-state index in [-0.39, 0.29) is 11.8 Å². The van der Waals surface area contributed by atoms with E-state index in [0.717, 1.165) is 11.3 Å². The van der Waals surface area contributed by atoms with Crippen LogP contribution in [0.5, 0.6) is 5.75 Å². The van der Waals surface area contributed by atoms with Gasteiger partial charge in [-0.05, 0) is 12.5 Å². The number of para-hydroxylation sites is 1. The fraction of sp³-hybridized carbons (Fsp3) is 0.250. The third-order valence-electron chi connectivity index (χ3n) is 2.87. The van der Waals surface area contributed by atoms with E-state index in [1.165, 1.54) is 11.3 Å². The topological polar surface area (TPSA) is 64.1 Å². The monoisotopic (exact) mass is 261 g/mol. The van der Waals surface area contributed by atoms with E-state index >= 15 is 0 Å². The molecule has 0 fully saturated rings. The van der Waals surface area contributed by atoms with Crippen molar-refractivity contribution in [2.24, 2.45) is 0 Å².